The van der Waals surface area contributed by atoms with Crippen LogP contribution < -0.4 is 5.06 Å². The fourth-order valence-corrected chi connectivity index (χ4v) is 5.52. The van der Waals surface area contributed by atoms with E-state index in [1.165, 1.54) is 16.2 Å². The Morgan fingerprint density at radius 3 is 2.03 bits per heavy atom. The first-order chi connectivity index (χ1) is 14.2. The summed E-state index contributed by atoms with van der Waals surface area (Å²) in [7, 11) is 0. The van der Waals surface area contributed by atoms with Crippen LogP contribution in [0.25, 0.3) is 32.3 Å². The number of hydroxylamine groups is 2. The topological polar surface area (TPSA) is 53.8 Å². The summed E-state index contributed by atoms with van der Waals surface area (Å²) in [4.78, 5) is 13.3. The fourth-order valence-electron chi connectivity index (χ4n) is 5.52. The van der Waals surface area contributed by atoms with Crippen LogP contribution in [0.2, 0.25) is 0 Å². The fraction of sp³-hybridized carbons (Fsp3) is 0.346. The second-order valence-corrected chi connectivity index (χ2v) is 10.0. The highest BCUT2D eigenvalue weighted by Crippen LogP contribution is 2.36. The third-order valence-electron chi connectivity index (χ3n) is 6.73. The Balaban J connectivity index is 1.56. The summed E-state index contributed by atoms with van der Waals surface area (Å²) in [5, 5.41) is 19.6. The second kappa shape index (κ2) is 6.40. The molecule has 0 saturated carbocycles. The van der Waals surface area contributed by atoms with Crippen LogP contribution in [0.1, 0.15) is 50.9 Å². The molecule has 4 aromatic carbocycles. The molecule has 0 aromatic heterocycles. The van der Waals surface area contributed by atoms with Gasteiger partial charge in [-0.15, -0.1) is 0 Å². The third-order valence-corrected chi connectivity index (χ3v) is 6.73. The quantitative estimate of drug-likeness (QED) is 0.297. The minimum atomic E-state index is -0.491. The molecule has 0 unspecified atom stereocenters. The van der Waals surface area contributed by atoms with E-state index in [0.717, 1.165) is 16.2 Å². The zero-order valence-corrected chi connectivity index (χ0v) is 17.9. The van der Waals surface area contributed by atoms with Crippen molar-refractivity contribution in [2.75, 3.05) is 0 Å². The van der Waals surface area contributed by atoms with Crippen LogP contribution in [0.4, 0.5) is 0 Å². The Bertz CT molecular complexity index is 1240. The molecule has 5 rings (SSSR count). The van der Waals surface area contributed by atoms with E-state index < -0.39 is 11.1 Å². The van der Waals surface area contributed by atoms with E-state index in [2.05, 4.69) is 36.4 Å². The molecule has 4 aromatic rings. The van der Waals surface area contributed by atoms with Gasteiger partial charge in [-0.1, -0.05) is 48.5 Å². The van der Waals surface area contributed by atoms with Gasteiger partial charge in [-0.3, -0.25) is 0 Å². The Morgan fingerprint density at radius 1 is 0.867 bits per heavy atom. The Labute approximate surface area is 176 Å². The Kier molecular flexibility index (Phi) is 4.12. The standard InChI is InChI=1S/C26H27NO3/c1-25(2)14-19(15-26(3,4)27(25)29)30-24(28)21-13-11-18-9-8-16-6-5-7-17-10-12-20(21)23(18)22(16)17/h5-13,19,27H,14-15H2,1-4H3. The number of nitrogens with one attached hydrogen (secondary N) is 1. The van der Waals surface area contributed by atoms with Gasteiger partial charge in [0.15, 0.2) is 0 Å². The molecule has 0 spiro atoms. The molecule has 1 fully saturated rings. The molecule has 1 aliphatic rings. The summed E-state index contributed by atoms with van der Waals surface area (Å²) in [5.74, 6) is -0.307. The number of rotatable bonds is 2. The van der Waals surface area contributed by atoms with Crippen molar-refractivity contribution in [3.8, 4) is 0 Å². The average molecular weight is 402 g/mol. The van der Waals surface area contributed by atoms with Gasteiger partial charge in [0, 0.05) is 12.8 Å². The van der Waals surface area contributed by atoms with Gasteiger partial charge in [-0.25, -0.2) is 4.79 Å². The van der Waals surface area contributed by atoms with E-state index in [1.54, 1.807) is 0 Å². The number of ether oxygens (including phenoxy) is 1. The largest absolute Gasteiger partial charge is 0.634 e. The number of esters is 1. The second-order valence-electron chi connectivity index (χ2n) is 10.0. The number of piperidine rings is 1. The van der Waals surface area contributed by atoms with Crippen molar-refractivity contribution in [2.45, 2.75) is 57.7 Å². The lowest BCUT2D eigenvalue weighted by molar-refractivity contribution is -0.956. The van der Waals surface area contributed by atoms with Crippen molar-refractivity contribution in [3.05, 3.63) is 65.4 Å². The summed E-state index contributed by atoms with van der Waals surface area (Å²) < 4.78 is 6.00. The lowest BCUT2D eigenvalue weighted by Gasteiger charge is -2.54. The number of benzene rings is 4. The van der Waals surface area contributed by atoms with Gasteiger partial charge < -0.3 is 15.0 Å². The summed E-state index contributed by atoms with van der Waals surface area (Å²) >= 11 is 0. The molecule has 30 heavy (non-hydrogen) atoms. The molecule has 1 saturated heterocycles. The maximum absolute atomic E-state index is 13.3. The van der Waals surface area contributed by atoms with E-state index in [-0.39, 0.29) is 17.1 Å². The first-order valence-corrected chi connectivity index (χ1v) is 10.6. The summed E-state index contributed by atoms with van der Waals surface area (Å²) in [6, 6.07) is 18.5. The van der Waals surface area contributed by atoms with E-state index in [9.17, 15) is 10.0 Å². The molecule has 1 heterocycles. The lowest BCUT2D eigenvalue weighted by atomic mass is 9.80. The Morgan fingerprint density at radius 2 is 1.40 bits per heavy atom. The molecule has 154 valence electrons. The van der Waals surface area contributed by atoms with E-state index in [1.807, 2.05) is 45.9 Å². The molecule has 0 radical (unpaired) electrons. The summed E-state index contributed by atoms with van der Waals surface area (Å²) in [6.45, 7) is 7.81. The van der Waals surface area contributed by atoms with Crippen molar-refractivity contribution in [1.29, 1.82) is 0 Å². The number of carbonyl (C=O) groups is 1. The zero-order valence-electron chi connectivity index (χ0n) is 17.9. The first kappa shape index (κ1) is 19.3. The Hall–Kier alpha value is -2.69. The van der Waals surface area contributed by atoms with Gasteiger partial charge in [0.25, 0.3) is 0 Å². The van der Waals surface area contributed by atoms with Crippen LogP contribution in [0.5, 0.6) is 0 Å². The minimum Gasteiger partial charge on any atom is -0.634 e. The maximum Gasteiger partial charge on any atom is 0.339 e. The monoisotopic (exact) mass is 401 g/mol. The van der Waals surface area contributed by atoms with Crippen LogP contribution in [-0.2, 0) is 4.74 Å². The van der Waals surface area contributed by atoms with Crippen LogP contribution in [-0.4, -0.2) is 23.2 Å². The highest BCUT2D eigenvalue weighted by molar-refractivity contribution is 6.25. The van der Waals surface area contributed by atoms with Crippen LogP contribution in [0, 0.1) is 5.21 Å². The smallest absolute Gasteiger partial charge is 0.339 e. The number of carbonyl (C=O) groups excluding carboxylic acids is 1. The zero-order chi connectivity index (χ0) is 21.3. The molecule has 1 N–H and O–H groups in total. The van der Waals surface area contributed by atoms with Gasteiger partial charge in [0.2, 0.25) is 0 Å². The SMILES string of the molecule is CC1(C)CC(OC(=O)c2ccc3ccc4cccc5ccc2c3c45)CC(C)(C)[NH+]1[O-]. The number of hydrogen-bond acceptors (Lipinski definition) is 3. The van der Waals surface area contributed by atoms with E-state index in [0.29, 0.717) is 18.4 Å². The highest BCUT2D eigenvalue weighted by atomic mass is 16.5. The van der Waals surface area contributed by atoms with Crippen molar-refractivity contribution in [2.24, 2.45) is 0 Å². The molecular formula is C26H27NO3. The van der Waals surface area contributed by atoms with Gasteiger partial charge in [0.1, 0.15) is 6.10 Å². The van der Waals surface area contributed by atoms with Gasteiger partial charge in [0.05, 0.1) is 16.6 Å². The predicted octanol–water partition coefficient (Wildman–Crippen LogP) is 4.84. The van der Waals surface area contributed by atoms with Gasteiger partial charge in [-0.05, 0) is 66.1 Å². The number of quaternary nitrogens is 1. The molecule has 4 heteroatoms. The van der Waals surface area contributed by atoms with Crippen molar-refractivity contribution in [1.82, 2.24) is 0 Å². The van der Waals surface area contributed by atoms with Gasteiger partial charge >= 0.3 is 5.97 Å². The summed E-state index contributed by atoms with van der Waals surface area (Å²) in [5.41, 5.74) is -0.390. The molecule has 0 bridgehead atoms. The van der Waals surface area contributed by atoms with Crippen LogP contribution >= 0.6 is 0 Å². The van der Waals surface area contributed by atoms with Crippen molar-refractivity contribution >= 4 is 38.3 Å². The number of hydrogen-bond donors (Lipinski definition) is 1. The highest BCUT2D eigenvalue weighted by Gasteiger charge is 2.46. The molecular weight excluding hydrogens is 374 g/mol. The lowest BCUT2D eigenvalue weighted by Crippen LogP contribution is -3.23. The third kappa shape index (κ3) is 2.86. The molecule has 0 atom stereocenters. The first-order valence-electron chi connectivity index (χ1n) is 10.6. The average Bonchev–Trinajstić information content (AvgIpc) is 2.69. The van der Waals surface area contributed by atoms with Crippen molar-refractivity contribution < 1.29 is 14.6 Å². The van der Waals surface area contributed by atoms with Crippen molar-refractivity contribution in [3.63, 3.8) is 0 Å². The van der Waals surface area contributed by atoms with Gasteiger partial charge in [-0.2, -0.15) is 0 Å². The van der Waals surface area contributed by atoms with E-state index in [4.69, 9.17) is 4.74 Å². The maximum atomic E-state index is 13.3. The molecule has 0 aliphatic carbocycles. The van der Waals surface area contributed by atoms with Crippen LogP contribution in [0.3, 0.4) is 0 Å². The van der Waals surface area contributed by atoms with Crippen LogP contribution in [0.15, 0.2) is 54.6 Å². The predicted molar refractivity (Wildman–Crippen MR) is 121 cm³/mol. The van der Waals surface area contributed by atoms with E-state index >= 15 is 0 Å². The summed E-state index contributed by atoms with van der Waals surface area (Å²) in [6.07, 6.45) is 0.860. The molecule has 1 aliphatic heterocycles. The molecule has 0 amide bonds. The minimum absolute atomic E-state index is 0.241. The normalized spacial score (nSPS) is 23.2. The molecule has 4 nitrogen and oxygen atoms in total.